The topological polar surface area (TPSA) is 60.4 Å². The van der Waals surface area contributed by atoms with Crippen LogP contribution in [-0.2, 0) is 14.6 Å². The molecule has 27 heavy (non-hydrogen) atoms. The average molecular weight is 401 g/mol. The molecular formula is C21H20O4S2. The van der Waals surface area contributed by atoms with Gasteiger partial charge in [0.1, 0.15) is 0 Å². The Balaban J connectivity index is 1.67. The lowest BCUT2D eigenvalue weighted by atomic mass is 10.0. The van der Waals surface area contributed by atoms with Gasteiger partial charge in [0, 0.05) is 9.75 Å². The van der Waals surface area contributed by atoms with Crippen LogP contribution in [0.4, 0.5) is 0 Å². The van der Waals surface area contributed by atoms with E-state index in [0.717, 1.165) is 45.4 Å². The van der Waals surface area contributed by atoms with Gasteiger partial charge in [-0.15, -0.1) is 11.3 Å². The monoisotopic (exact) mass is 400 g/mol. The molecule has 0 N–H and O–H groups in total. The molecule has 1 aliphatic heterocycles. The van der Waals surface area contributed by atoms with Crippen molar-refractivity contribution in [3.05, 3.63) is 59.0 Å². The van der Waals surface area contributed by atoms with E-state index < -0.39 is 9.84 Å². The summed E-state index contributed by atoms with van der Waals surface area (Å²) in [6.45, 7) is 0. The van der Waals surface area contributed by atoms with Gasteiger partial charge in [0.25, 0.3) is 0 Å². The molecule has 1 unspecified atom stereocenters. The van der Waals surface area contributed by atoms with Gasteiger partial charge >= 0.3 is 5.97 Å². The molecule has 4 rings (SSSR count). The SMILES string of the molecule is COC(=O)c1ccc2cc(-c3ccc(C4CCCCS4(=O)=O)s3)ccc2c1. The zero-order valence-electron chi connectivity index (χ0n) is 15.0. The lowest BCUT2D eigenvalue weighted by molar-refractivity contribution is 0.0601. The molecule has 140 valence electrons. The summed E-state index contributed by atoms with van der Waals surface area (Å²) in [5, 5.41) is 1.64. The number of methoxy groups -OCH3 is 1. The minimum absolute atomic E-state index is 0.295. The Labute approximate surface area is 162 Å². The minimum Gasteiger partial charge on any atom is -0.465 e. The summed E-state index contributed by atoms with van der Waals surface area (Å²) in [5.74, 6) is -0.0544. The van der Waals surface area contributed by atoms with E-state index in [1.54, 1.807) is 17.4 Å². The molecule has 1 aliphatic rings. The third-order valence-corrected chi connectivity index (χ3v) is 8.68. The van der Waals surface area contributed by atoms with Crippen LogP contribution >= 0.6 is 11.3 Å². The van der Waals surface area contributed by atoms with Crippen LogP contribution in [0.15, 0.2) is 48.5 Å². The smallest absolute Gasteiger partial charge is 0.337 e. The van der Waals surface area contributed by atoms with Crippen LogP contribution in [0.25, 0.3) is 21.2 Å². The van der Waals surface area contributed by atoms with E-state index in [1.807, 2.05) is 36.4 Å². The molecule has 1 atom stereocenters. The van der Waals surface area contributed by atoms with Crippen molar-refractivity contribution >= 4 is 37.9 Å². The van der Waals surface area contributed by atoms with Gasteiger partial charge in [-0.05, 0) is 59.5 Å². The van der Waals surface area contributed by atoms with Gasteiger partial charge in [0.05, 0.1) is 23.7 Å². The van der Waals surface area contributed by atoms with Crippen molar-refractivity contribution in [3.8, 4) is 10.4 Å². The number of carbonyl (C=O) groups is 1. The maximum absolute atomic E-state index is 12.4. The van der Waals surface area contributed by atoms with Crippen LogP contribution in [0.3, 0.4) is 0 Å². The number of thiophene rings is 1. The predicted molar refractivity (Wildman–Crippen MR) is 109 cm³/mol. The molecule has 3 aromatic rings. The van der Waals surface area contributed by atoms with Crippen molar-refractivity contribution in [2.75, 3.05) is 12.9 Å². The summed E-state index contributed by atoms with van der Waals surface area (Å²) in [6, 6.07) is 15.5. The molecule has 2 heterocycles. The molecule has 6 heteroatoms. The Morgan fingerprint density at radius 3 is 2.59 bits per heavy atom. The molecule has 2 aromatic carbocycles. The largest absolute Gasteiger partial charge is 0.465 e. The van der Waals surface area contributed by atoms with Crippen LogP contribution < -0.4 is 0 Å². The molecule has 0 spiro atoms. The number of fused-ring (bicyclic) bond motifs is 1. The number of carbonyl (C=O) groups excluding carboxylic acids is 1. The van der Waals surface area contributed by atoms with Crippen LogP contribution in [-0.4, -0.2) is 27.2 Å². The number of hydrogen-bond donors (Lipinski definition) is 0. The van der Waals surface area contributed by atoms with E-state index in [2.05, 4.69) is 6.07 Å². The van der Waals surface area contributed by atoms with Gasteiger partial charge < -0.3 is 4.74 Å². The summed E-state index contributed by atoms with van der Waals surface area (Å²) < 4.78 is 29.5. The van der Waals surface area contributed by atoms with Crippen molar-refractivity contribution in [3.63, 3.8) is 0 Å². The van der Waals surface area contributed by atoms with Crippen LogP contribution in [0.2, 0.25) is 0 Å². The maximum atomic E-state index is 12.4. The third-order valence-electron chi connectivity index (χ3n) is 5.07. The fourth-order valence-corrected chi connectivity index (χ4v) is 7.05. The summed E-state index contributed by atoms with van der Waals surface area (Å²) in [4.78, 5) is 13.7. The first-order valence-corrected chi connectivity index (χ1v) is 11.4. The number of benzene rings is 2. The third kappa shape index (κ3) is 3.51. The summed E-state index contributed by atoms with van der Waals surface area (Å²) >= 11 is 1.56. The Morgan fingerprint density at radius 2 is 1.81 bits per heavy atom. The zero-order valence-corrected chi connectivity index (χ0v) is 16.6. The normalized spacial score (nSPS) is 19.1. The molecule has 0 bridgehead atoms. The summed E-state index contributed by atoms with van der Waals surface area (Å²) in [5.41, 5.74) is 1.58. The standard InChI is InChI=1S/C21H20O4S2/c1-25-21(22)17-8-6-14-12-16(7-5-15(14)13-17)18-9-10-19(26-18)20-4-2-3-11-27(20,23)24/h5-10,12-13,20H,2-4,11H2,1H3. The summed E-state index contributed by atoms with van der Waals surface area (Å²) in [7, 11) is -1.66. The van der Waals surface area contributed by atoms with Crippen LogP contribution in [0.1, 0.15) is 39.7 Å². The van der Waals surface area contributed by atoms with Crippen LogP contribution in [0.5, 0.6) is 0 Å². The molecule has 0 radical (unpaired) electrons. The fourth-order valence-electron chi connectivity index (χ4n) is 3.60. The highest BCUT2D eigenvalue weighted by atomic mass is 32.2. The lowest BCUT2D eigenvalue weighted by Gasteiger charge is -2.20. The Kier molecular flexibility index (Phi) is 4.78. The second kappa shape index (κ2) is 7.09. The number of sulfone groups is 1. The molecule has 0 amide bonds. The predicted octanol–water partition coefficient (Wildman–Crippen LogP) is 4.99. The van der Waals surface area contributed by atoms with E-state index in [4.69, 9.17) is 4.74 Å². The van der Waals surface area contributed by atoms with E-state index >= 15 is 0 Å². The second-order valence-electron chi connectivity index (χ2n) is 6.82. The van der Waals surface area contributed by atoms with Gasteiger partial charge in [-0.1, -0.05) is 24.6 Å². The first kappa shape index (κ1) is 18.2. The van der Waals surface area contributed by atoms with Gasteiger partial charge in [-0.25, -0.2) is 13.2 Å². The first-order chi connectivity index (χ1) is 13.0. The quantitative estimate of drug-likeness (QED) is 0.581. The molecule has 1 fully saturated rings. The highest BCUT2D eigenvalue weighted by Gasteiger charge is 2.31. The van der Waals surface area contributed by atoms with Crippen molar-refractivity contribution in [2.45, 2.75) is 24.5 Å². The van der Waals surface area contributed by atoms with Gasteiger partial charge in [-0.3, -0.25) is 0 Å². The van der Waals surface area contributed by atoms with E-state index in [0.29, 0.717) is 11.3 Å². The minimum atomic E-state index is -3.03. The lowest BCUT2D eigenvalue weighted by Crippen LogP contribution is -2.20. The van der Waals surface area contributed by atoms with Gasteiger partial charge in [-0.2, -0.15) is 0 Å². The molecule has 4 nitrogen and oxygen atoms in total. The first-order valence-electron chi connectivity index (χ1n) is 8.92. The Hall–Kier alpha value is -2.18. The molecule has 0 aliphatic carbocycles. The highest BCUT2D eigenvalue weighted by Crippen LogP contribution is 2.40. The molecular weight excluding hydrogens is 380 g/mol. The molecule has 0 saturated carbocycles. The van der Waals surface area contributed by atoms with Crippen molar-refractivity contribution in [1.82, 2.24) is 0 Å². The van der Waals surface area contributed by atoms with Crippen molar-refractivity contribution < 1.29 is 17.9 Å². The summed E-state index contributed by atoms with van der Waals surface area (Å²) in [6.07, 6.45) is 2.46. The van der Waals surface area contributed by atoms with Gasteiger partial charge in [0.2, 0.25) is 0 Å². The Bertz CT molecular complexity index is 1110. The number of esters is 1. The van der Waals surface area contributed by atoms with Crippen molar-refractivity contribution in [2.24, 2.45) is 0 Å². The Morgan fingerprint density at radius 1 is 1.04 bits per heavy atom. The second-order valence-corrected chi connectivity index (χ2v) is 10.2. The number of hydrogen-bond acceptors (Lipinski definition) is 5. The highest BCUT2D eigenvalue weighted by molar-refractivity contribution is 7.91. The van der Waals surface area contributed by atoms with E-state index in [9.17, 15) is 13.2 Å². The molecule has 1 aromatic heterocycles. The number of ether oxygens (including phenoxy) is 1. The van der Waals surface area contributed by atoms with Crippen LogP contribution in [0, 0.1) is 0 Å². The van der Waals surface area contributed by atoms with E-state index in [-0.39, 0.29) is 11.2 Å². The number of rotatable bonds is 3. The fraction of sp³-hybridized carbons (Fsp3) is 0.286. The van der Waals surface area contributed by atoms with E-state index in [1.165, 1.54) is 7.11 Å². The zero-order chi connectivity index (χ0) is 19.0. The van der Waals surface area contributed by atoms with Crippen molar-refractivity contribution in [1.29, 1.82) is 0 Å². The molecule has 1 saturated heterocycles. The van der Waals surface area contributed by atoms with Gasteiger partial charge in [0.15, 0.2) is 9.84 Å². The average Bonchev–Trinajstić information content (AvgIpc) is 3.16. The maximum Gasteiger partial charge on any atom is 0.337 e.